The predicted molar refractivity (Wildman–Crippen MR) is 152 cm³/mol. The number of carbonyl (C=O) groups excluding carboxylic acids is 6. The molecule has 1 amide bonds. The molecule has 12 heteroatoms. The first-order valence-electron chi connectivity index (χ1n) is 13.5. The van der Waals surface area contributed by atoms with Gasteiger partial charge in [-0.05, 0) is 39.8 Å². The number of amides is 1. The number of halogens is 1. The average molecular weight is 608 g/mol. The number of Topliss-reactive ketones (excluding diaryl/α,β-unsaturated/α-hetero) is 2. The first-order chi connectivity index (χ1) is 19.5. The Morgan fingerprint density at radius 2 is 1.67 bits per heavy atom. The normalized spacial score (nSPS) is 33.3. The van der Waals surface area contributed by atoms with Gasteiger partial charge in [-0.15, -0.1) is 0 Å². The third-order valence-electron chi connectivity index (χ3n) is 6.93. The lowest BCUT2D eigenvalue weighted by Crippen LogP contribution is -2.61. The van der Waals surface area contributed by atoms with Crippen molar-refractivity contribution in [1.29, 1.82) is 0 Å². The molecule has 0 aromatic carbocycles. The molecule has 0 radical (unpaired) electrons. The van der Waals surface area contributed by atoms with E-state index < -0.39 is 76.8 Å². The van der Waals surface area contributed by atoms with E-state index in [0.717, 1.165) is 12.5 Å². The maximum atomic E-state index is 13.8. The van der Waals surface area contributed by atoms with E-state index in [0.29, 0.717) is 5.57 Å². The SMILES string of the molecule is CC(=O)O[C@@H]1/C=C/C(C)=C/C[C@H](OC(=O)OC(C)Cl)/C=C/C(C)=C/[C@@H](NC(=O)C(C)=O)[C@]2(C)C(=O)OC(C1)[C@@H](C)C2=O. The highest BCUT2D eigenvalue weighted by atomic mass is 35.5. The second kappa shape index (κ2) is 14.9. The van der Waals surface area contributed by atoms with Crippen LogP contribution in [0, 0.1) is 11.3 Å². The standard InChI is InChI=1S/C30H38ClNO10/c1-16-8-11-22(41-29(38)39-20(5)31)12-10-17(2)14-25(32-27(36)19(4)33)30(7)26(35)18(3)24(42-28(30)37)15-23(13-9-16)40-21(6)34/h8-10,12-14,18,20,22-25H,11,15H2,1-7H3,(H,32,36)/b12-10+,13-9+,16-8+,17-14+/t18-,20?,22+,23-,24?,25-,30+/m1/s1. The van der Waals surface area contributed by atoms with E-state index in [4.69, 9.17) is 30.5 Å². The number of ether oxygens (including phenoxy) is 4. The van der Waals surface area contributed by atoms with Crippen molar-refractivity contribution in [3.8, 4) is 0 Å². The molecular formula is C30H38ClNO10. The third kappa shape index (κ3) is 9.40. The van der Waals surface area contributed by atoms with Crippen molar-refractivity contribution >= 4 is 47.2 Å². The molecule has 1 fully saturated rings. The smallest absolute Gasteiger partial charge is 0.461 e. The lowest BCUT2D eigenvalue weighted by atomic mass is 9.69. The van der Waals surface area contributed by atoms with Crippen molar-refractivity contribution in [3.63, 3.8) is 0 Å². The van der Waals surface area contributed by atoms with E-state index in [2.05, 4.69) is 5.32 Å². The molecule has 0 saturated carbocycles. The van der Waals surface area contributed by atoms with Crippen LogP contribution in [0.3, 0.4) is 0 Å². The highest BCUT2D eigenvalue weighted by Gasteiger charge is 2.56. The molecule has 0 spiro atoms. The second-order valence-electron chi connectivity index (χ2n) is 10.6. The van der Waals surface area contributed by atoms with Gasteiger partial charge < -0.3 is 24.3 Å². The molecule has 1 saturated heterocycles. The Morgan fingerprint density at radius 3 is 2.26 bits per heavy atom. The van der Waals surface area contributed by atoms with Crippen LogP contribution in [0.15, 0.2) is 47.6 Å². The Labute approximate surface area is 250 Å². The Kier molecular flexibility index (Phi) is 12.3. The zero-order valence-electron chi connectivity index (χ0n) is 24.8. The number of nitrogens with one attached hydrogen (secondary N) is 1. The van der Waals surface area contributed by atoms with Crippen LogP contribution in [-0.2, 0) is 42.9 Å². The topological polar surface area (TPSA) is 151 Å². The van der Waals surface area contributed by atoms with E-state index in [1.807, 2.05) is 0 Å². The highest BCUT2D eigenvalue weighted by molar-refractivity contribution is 6.35. The monoisotopic (exact) mass is 607 g/mol. The van der Waals surface area contributed by atoms with Crippen LogP contribution in [0.1, 0.15) is 61.3 Å². The summed E-state index contributed by atoms with van der Waals surface area (Å²) in [6.07, 6.45) is 6.38. The van der Waals surface area contributed by atoms with Crippen molar-refractivity contribution in [2.75, 3.05) is 0 Å². The van der Waals surface area contributed by atoms with Gasteiger partial charge in [-0.1, -0.05) is 54.0 Å². The average Bonchev–Trinajstić information content (AvgIpc) is 2.88. The molecule has 3 rings (SSSR count). The maximum Gasteiger partial charge on any atom is 0.510 e. The van der Waals surface area contributed by atoms with Crippen molar-refractivity contribution in [3.05, 3.63) is 47.6 Å². The molecule has 2 aliphatic heterocycles. The summed E-state index contributed by atoms with van der Waals surface area (Å²) in [6.45, 7) is 10.1. The molecule has 1 N–H and O–H groups in total. The largest absolute Gasteiger partial charge is 0.510 e. The summed E-state index contributed by atoms with van der Waals surface area (Å²) in [4.78, 5) is 75.5. The quantitative estimate of drug-likeness (QED) is 0.159. The summed E-state index contributed by atoms with van der Waals surface area (Å²) in [5.74, 6) is -4.62. The van der Waals surface area contributed by atoms with Crippen molar-refractivity contribution < 1.29 is 47.7 Å². The van der Waals surface area contributed by atoms with E-state index in [1.54, 1.807) is 51.2 Å². The zero-order chi connectivity index (χ0) is 31.8. The minimum absolute atomic E-state index is 0.00711. The molecule has 0 aromatic rings. The summed E-state index contributed by atoms with van der Waals surface area (Å²) >= 11 is 5.73. The summed E-state index contributed by atoms with van der Waals surface area (Å²) in [7, 11) is 0. The minimum atomic E-state index is -1.88. The van der Waals surface area contributed by atoms with Gasteiger partial charge in [0.2, 0.25) is 5.78 Å². The van der Waals surface area contributed by atoms with Crippen LogP contribution in [0.2, 0.25) is 0 Å². The number of hydrogen-bond acceptors (Lipinski definition) is 10. The number of hydrogen-bond donors (Lipinski definition) is 1. The molecule has 42 heavy (non-hydrogen) atoms. The number of ketones is 2. The van der Waals surface area contributed by atoms with Crippen LogP contribution in [0.4, 0.5) is 4.79 Å². The first kappa shape index (κ1) is 34.5. The fourth-order valence-electron chi connectivity index (χ4n) is 4.50. The van der Waals surface area contributed by atoms with Crippen molar-refractivity contribution in [1.82, 2.24) is 5.32 Å². The minimum Gasteiger partial charge on any atom is -0.461 e. The number of rotatable bonds is 5. The van der Waals surface area contributed by atoms with Crippen LogP contribution in [0.25, 0.3) is 0 Å². The number of allylic oxidation sites excluding steroid dienone is 4. The number of alkyl halides is 1. The van der Waals surface area contributed by atoms with Crippen molar-refractivity contribution in [2.45, 2.75) is 91.2 Å². The van der Waals surface area contributed by atoms with E-state index >= 15 is 0 Å². The number of esters is 2. The molecule has 3 aliphatic rings. The fraction of sp³-hybridized carbons (Fsp3) is 0.533. The van der Waals surface area contributed by atoms with Gasteiger partial charge in [0.15, 0.2) is 11.3 Å². The molecule has 7 atom stereocenters. The Bertz CT molecular complexity index is 1220. The Morgan fingerprint density at radius 1 is 1.05 bits per heavy atom. The van der Waals surface area contributed by atoms with Crippen LogP contribution >= 0.6 is 11.6 Å². The Balaban J connectivity index is 2.65. The van der Waals surface area contributed by atoms with Gasteiger partial charge in [0.25, 0.3) is 5.91 Å². The first-order valence-corrected chi connectivity index (χ1v) is 13.9. The summed E-state index contributed by atoms with van der Waals surface area (Å²) in [5.41, 5.74) is -1.58. The molecular weight excluding hydrogens is 570 g/mol. The lowest BCUT2D eigenvalue weighted by molar-refractivity contribution is -0.182. The molecule has 2 bridgehead atoms. The van der Waals surface area contributed by atoms with E-state index in [9.17, 15) is 28.8 Å². The van der Waals surface area contributed by atoms with Gasteiger partial charge in [-0.25, -0.2) is 4.79 Å². The predicted octanol–water partition coefficient (Wildman–Crippen LogP) is 4.03. The van der Waals surface area contributed by atoms with Crippen molar-refractivity contribution in [2.24, 2.45) is 11.3 Å². The number of carbonyl (C=O) groups is 6. The molecule has 230 valence electrons. The summed E-state index contributed by atoms with van der Waals surface area (Å²) in [6, 6.07) is -1.26. The summed E-state index contributed by atoms with van der Waals surface area (Å²) < 4.78 is 21.4. The molecule has 2 unspecified atom stereocenters. The van der Waals surface area contributed by atoms with Crippen LogP contribution in [0.5, 0.6) is 0 Å². The third-order valence-corrected chi connectivity index (χ3v) is 7.02. The maximum absolute atomic E-state index is 13.8. The van der Waals surface area contributed by atoms with E-state index in [1.165, 1.54) is 26.8 Å². The van der Waals surface area contributed by atoms with E-state index in [-0.39, 0.29) is 12.8 Å². The van der Waals surface area contributed by atoms with Gasteiger partial charge in [0, 0.05) is 26.7 Å². The Hall–Kier alpha value is -3.73. The van der Waals surface area contributed by atoms with Gasteiger partial charge in [0.05, 0.1) is 12.0 Å². The molecule has 11 nitrogen and oxygen atoms in total. The second-order valence-corrected chi connectivity index (χ2v) is 11.2. The van der Waals surface area contributed by atoms with Crippen LogP contribution < -0.4 is 5.32 Å². The van der Waals surface area contributed by atoms with Gasteiger partial charge in [-0.2, -0.15) is 0 Å². The fourth-order valence-corrected chi connectivity index (χ4v) is 4.57. The van der Waals surface area contributed by atoms with Gasteiger partial charge in [-0.3, -0.25) is 24.0 Å². The highest BCUT2D eigenvalue weighted by Crippen LogP contribution is 2.38. The summed E-state index contributed by atoms with van der Waals surface area (Å²) in [5, 5.41) is 2.48. The number of fused-ring (bicyclic) bond motifs is 10. The van der Waals surface area contributed by atoms with Gasteiger partial charge in [0.1, 0.15) is 23.7 Å². The molecule has 2 heterocycles. The zero-order valence-corrected chi connectivity index (χ0v) is 25.6. The molecule has 1 aliphatic carbocycles. The van der Waals surface area contributed by atoms with Gasteiger partial charge >= 0.3 is 18.1 Å². The van der Waals surface area contributed by atoms with Crippen LogP contribution in [-0.4, -0.2) is 65.5 Å². The molecule has 0 aromatic heterocycles. The lowest BCUT2D eigenvalue weighted by Gasteiger charge is -2.42.